The summed E-state index contributed by atoms with van der Waals surface area (Å²) in [6.45, 7) is 3.03. The molecule has 3 aromatic rings. The summed E-state index contributed by atoms with van der Waals surface area (Å²) in [4.78, 5) is 12.5. The van der Waals surface area contributed by atoms with Crippen molar-refractivity contribution >= 4 is 10.9 Å². The lowest BCUT2D eigenvalue weighted by molar-refractivity contribution is 0.306. The summed E-state index contributed by atoms with van der Waals surface area (Å²) in [5.74, 6) is -0.372. The molecule has 0 saturated heterocycles. The van der Waals surface area contributed by atoms with Crippen LogP contribution >= 0.6 is 0 Å². The predicted molar refractivity (Wildman–Crippen MR) is 106 cm³/mol. The number of rotatable bonds is 8. The minimum Gasteiger partial charge on any atom is -0.504 e. The molecular weight excluding hydrogens is 342 g/mol. The van der Waals surface area contributed by atoms with Crippen molar-refractivity contribution in [1.29, 1.82) is 0 Å². The summed E-state index contributed by atoms with van der Waals surface area (Å²) in [6, 6.07) is 15.0. The van der Waals surface area contributed by atoms with Gasteiger partial charge < -0.3 is 19.5 Å². The van der Waals surface area contributed by atoms with Crippen LogP contribution in [0.4, 0.5) is 0 Å². The Morgan fingerprint density at radius 3 is 2.48 bits per heavy atom. The molecule has 0 fully saturated rings. The number of hydrogen-bond donors (Lipinski definition) is 2. The number of nitrogens with zero attached hydrogens (tertiary/aromatic N) is 1. The highest BCUT2D eigenvalue weighted by Gasteiger charge is 2.16. The Morgan fingerprint density at radius 2 is 1.74 bits per heavy atom. The van der Waals surface area contributed by atoms with Crippen molar-refractivity contribution in [2.45, 2.75) is 45.8 Å². The maximum atomic E-state index is 12.5. The van der Waals surface area contributed by atoms with Gasteiger partial charge in [0.2, 0.25) is 5.75 Å². The molecule has 0 spiro atoms. The first kappa shape index (κ1) is 18.8. The topological polar surface area (TPSA) is 71.7 Å². The molecule has 0 aliphatic carbocycles. The fraction of sp³-hybridized carbons (Fsp3) is 0.318. The Kier molecular flexibility index (Phi) is 6.01. The molecule has 0 saturated carbocycles. The third-order valence-corrected chi connectivity index (χ3v) is 4.67. The monoisotopic (exact) mass is 367 g/mol. The Morgan fingerprint density at radius 1 is 0.963 bits per heavy atom. The molecule has 1 heterocycles. The van der Waals surface area contributed by atoms with Crippen LogP contribution in [0.2, 0.25) is 0 Å². The van der Waals surface area contributed by atoms with Crippen molar-refractivity contribution in [3.05, 3.63) is 64.4 Å². The molecule has 2 N–H and O–H groups in total. The number of aromatic hydroxyl groups is 2. The molecule has 27 heavy (non-hydrogen) atoms. The molecule has 1 aromatic heterocycles. The average Bonchev–Trinajstić information content (AvgIpc) is 2.70. The van der Waals surface area contributed by atoms with Crippen LogP contribution in [0.3, 0.4) is 0 Å². The normalized spacial score (nSPS) is 11.0. The van der Waals surface area contributed by atoms with E-state index < -0.39 is 11.3 Å². The zero-order chi connectivity index (χ0) is 19.2. The number of ether oxygens (including phenoxy) is 1. The van der Waals surface area contributed by atoms with Crippen molar-refractivity contribution < 1.29 is 14.9 Å². The highest BCUT2D eigenvalue weighted by atomic mass is 16.5. The van der Waals surface area contributed by atoms with Crippen molar-refractivity contribution in [2.75, 3.05) is 0 Å². The quantitative estimate of drug-likeness (QED) is 0.572. The molecular formula is C22H25NO4. The van der Waals surface area contributed by atoms with Gasteiger partial charge in [0.25, 0.3) is 5.56 Å². The Hall–Kier alpha value is -2.95. The fourth-order valence-electron chi connectivity index (χ4n) is 3.15. The van der Waals surface area contributed by atoms with Crippen LogP contribution < -0.4 is 10.3 Å². The fourth-order valence-corrected chi connectivity index (χ4v) is 3.15. The first-order valence-corrected chi connectivity index (χ1v) is 9.37. The van der Waals surface area contributed by atoms with E-state index in [0.29, 0.717) is 29.8 Å². The summed E-state index contributed by atoms with van der Waals surface area (Å²) >= 11 is 0. The lowest BCUT2D eigenvalue weighted by atomic mass is 10.1. The van der Waals surface area contributed by atoms with Gasteiger partial charge in [-0.1, -0.05) is 56.5 Å². The molecule has 5 heteroatoms. The van der Waals surface area contributed by atoms with Gasteiger partial charge >= 0.3 is 0 Å². The Labute approximate surface area is 158 Å². The van der Waals surface area contributed by atoms with Crippen molar-refractivity contribution in [3.8, 4) is 17.2 Å². The van der Waals surface area contributed by atoms with Gasteiger partial charge in [-0.15, -0.1) is 0 Å². The van der Waals surface area contributed by atoms with E-state index in [9.17, 15) is 15.0 Å². The molecule has 0 aliphatic heterocycles. The molecule has 0 amide bonds. The van der Waals surface area contributed by atoms with Crippen LogP contribution in [0.25, 0.3) is 10.9 Å². The average molecular weight is 367 g/mol. The summed E-state index contributed by atoms with van der Waals surface area (Å²) in [5, 5.41) is 20.6. The Bertz CT molecular complexity index is 963. The van der Waals surface area contributed by atoms with Gasteiger partial charge in [-0.25, -0.2) is 0 Å². The summed E-state index contributed by atoms with van der Waals surface area (Å²) < 4.78 is 7.37. The molecule has 0 aliphatic rings. The molecule has 5 nitrogen and oxygen atoms in total. The van der Waals surface area contributed by atoms with E-state index in [4.69, 9.17) is 4.74 Å². The number of benzene rings is 2. The van der Waals surface area contributed by atoms with Crippen LogP contribution in [0.1, 0.15) is 38.2 Å². The van der Waals surface area contributed by atoms with E-state index in [1.54, 1.807) is 18.2 Å². The summed E-state index contributed by atoms with van der Waals surface area (Å²) in [6.07, 6.45) is 4.05. The SMILES string of the molecule is CCCCCCn1c(=O)c(O)c(O)c2ccc(OCc3ccccc3)cc21. The van der Waals surface area contributed by atoms with Crippen LogP contribution in [0, 0.1) is 0 Å². The van der Waals surface area contributed by atoms with E-state index in [0.717, 1.165) is 31.2 Å². The third-order valence-electron chi connectivity index (χ3n) is 4.67. The van der Waals surface area contributed by atoms with Crippen LogP contribution in [0.5, 0.6) is 17.2 Å². The van der Waals surface area contributed by atoms with E-state index in [2.05, 4.69) is 6.92 Å². The molecule has 0 bridgehead atoms. The maximum Gasteiger partial charge on any atom is 0.297 e. The second-order valence-electron chi connectivity index (χ2n) is 6.67. The smallest absolute Gasteiger partial charge is 0.297 e. The van der Waals surface area contributed by atoms with Gasteiger partial charge in [0, 0.05) is 18.0 Å². The van der Waals surface area contributed by atoms with Gasteiger partial charge in [-0.2, -0.15) is 0 Å². The van der Waals surface area contributed by atoms with E-state index in [-0.39, 0.29) is 5.75 Å². The lowest BCUT2D eigenvalue weighted by Gasteiger charge is -2.14. The Balaban J connectivity index is 1.92. The lowest BCUT2D eigenvalue weighted by Crippen LogP contribution is -2.20. The number of aryl methyl sites for hydroxylation is 1. The van der Waals surface area contributed by atoms with Crippen molar-refractivity contribution in [2.24, 2.45) is 0 Å². The molecule has 0 atom stereocenters. The number of hydrogen-bond acceptors (Lipinski definition) is 4. The van der Waals surface area contributed by atoms with Crippen LogP contribution in [0.15, 0.2) is 53.3 Å². The molecule has 0 radical (unpaired) electrons. The number of aromatic nitrogens is 1. The minimum absolute atomic E-state index is 0.380. The number of fused-ring (bicyclic) bond motifs is 1. The first-order valence-electron chi connectivity index (χ1n) is 9.37. The second-order valence-corrected chi connectivity index (χ2v) is 6.67. The zero-order valence-electron chi connectivity index (χ0n) is 15.5. The number of unbranched alkanes of at least 4 members (excludes halogenated alkanes) is 3. The number of pyridine rings is 1. The molecule has 2 aromatic carbocycles. The van der Waals surface area contributed by atoms with E-state index in [1.807, 2.05) is 30.3 Å². The largest absolute Gasteiger partial charge is 0.504 e. The summed E-state index contributed by atoms with van der Waals surface area (Å²) in [5.41, 5.74) is 1.04. The van der Waals surface area contributed by atoms with Crippen molar-refractivity contribution in [3.63, 3.8) is 0 Å². The molecule has 3 rings (SSSR count). The van der Waals surface area contributed by atoms with Crippen LogP contribution in [-0.2, 0) is 13.2 Å². The zero-order valence-corrected chi connectivity index (χ0v) is 15.5. The maximum absolute atomic E-state index is 12.5. The van der Waals surface area contributed by atoms with Crippen molar-refractivity contribution in [1.82, 2.24) is 4.57 Å². The second kappa shape index (κ2) is 8.62. The predicted octanol–water partition coefficient (Wildman–Crippen LogP) is 4.57. The minimum atomic E-state index is -0.601. The highest BCUT2D eigenvalue weighted by Crippen LogP contribution is 2.32. The van der Waals surface area contributed by atoms with E-state index in [1.165, 1.54) is 4.57 Å². The summed E-state index contributed by atoms with van der Waals surface area (Å²) in [7, 11) is 0. The molecule has 0 unspecified atom stereocenters. The standard InChI is InChI=1S/C22H25NO4/c1-2-3-4-8-13-23-19-14-17(27-15-16-9-6-5-7-10-16)11-12-18(19)20(24)21(25)22(23)26/h5-7,9-12,14,24-25H,2-4,8,13,15H2,1H3. The highest BCUT2D eigenvalue weighted by molar-refractivity contribution is 5.88. The third kappa shape index (κ3) is 4.25. The van der Waals surface area contributed by atoms with Gasteiger partial charge in [0.1, 0.15) is 12.4 Å². The molecule has 142 valence electrons. The van der Waals surface area contributed by atoms with Gasteiger partial charge in [-0.05, 0) is 24.1 Å². The van der Waals surface area contributed by atoms with Gasteiger partial charge in [-0.3, -0.25) is 4.79 Å². The van der Waals surface area contributed by atoms with E-state index >= 15 is 0 Å². The van der Waals surface area contributed by atoms with Gasteiger partial charge in [0.05, 0.1) is 5.52 Å². The van der Waals surface area contributed by atoms with Gasteiger partial charge in [0.15, 0.2) is 5.75 Å². The first-order chi connectivity index (χ1) is 13.1. The van der Waals surface area contributed by atoms with Crippen LogP contribution in [-0.4, -0.2) is 14.8 Å².